The average Bonchev–Trinajstić information content (AvgIpc) is 2.96. The number of imide groups is 1. The lowest BCUT2D eigenvalue weighted by Gasteiger charge is -2.22. The molecular weight excluding hydrogens is 314 g/mol. The second kappa shape index (κ2) is 7.43. The molecule has 1 aliphatic heterocycles. The quantitative estimate of drug-likeness (QED) is 0.572. The van der Waals surface area contributed by atoms with Crippen LogP contribution in [0.1, 0.15) is 29.8 Å². The maximum atomic E-state index is 12.5. The molecule has 1 aliphatic rings. The Labute approximate surface area is 140 Å². The fraction of sp³-hybridized carbons (Fsp3) is 0.600. The minimum Gasteiger partial charge on any atom is -0.395 e. The van der Waals surface area contributed by atoms with Crippen LogP contribution in [0, 0.1) is 13.8 Å². The normalized spacial score (nSPS) is 16.9. The Balaban J connectivity index is 2.00. The van der Waals surface area contributed by atoms with Crippen molar-refractivity contribution in [2.45, 2.75) is 39.3 Å². The number of urea groups is 1. The molecule has 24 heavy (non-hydrogen) atoms. The Hall–Kier alpha value is -2.42. The molecule has 2 heterocycles. The van der Waals surface area contributed by atoms with Crippen LogP contribution in [-0.2, 0) is 23.2 Å². The number of nitrogens with zero attached hydrogens (tertiary/aromatic N) is 3. The van der Waals surface area contributed by atoms with Gasteiger partial charge in [-0.15, -0.1) is 0 Å². The minimum absolute atomic E-state index is 0.108. The number of carbonyl (C=O) groups excluding carboxylic acids is 3. The first-order valence-electron chi connectivity index (χ1n) is 7.82. The largest absolute Gasteiger partial charge is 0.395 e. The third-order valence-corrected chi connectivity index (χ3v) is 4.24. The molecule has 0 radical (unpaired) electrons. The maximum absolute atomic E-state index is 12.5. The molecule has 4 amide bonds. The van der Waals surface area contributed by atoms with E-state index in [1.165, 1.54) is 0 Å². The summed E-state index contributed by atoms with van der Waals surface area (Å²) in [6.45, 7) is 4.21. The van der Waals surface area contributed by atoms with Crippen LogP contribution >= 0.6 is 0 Å². The molecule has 3 N–H and O–H groups in total. The van der Waals surface area contributed by atoms with E-state index < -0.39 is 18.0 Å². The lowest BCUT2D eigenvalue weighted by atomic mass is 10.1. The number of aryl methyl sites for hydroxylation is 2. The summed E-state index contributed by atoms with van der Waals surface area (Å²) in [7, 11) is 1.84. The second-order valence-corrected chi connectivity index (χ2v) is 5.87. The highest BCUT2D eigenvalue weighted by Crippen LogP contribution is 2.16. The number of aliphatic hydroxyl groups excluding tert-OH is 1. The Kier molecular flexibility index (Phi) is 5.55. The highest BCUT2D eigenvalue weighted by Gasteiger charge is 2.30. The molecule has 9 heteroatoms. The zero-order valence-corrected chi connectivity index (χ0v) is 14.1. The Morgan fingerprint density at radius 1 is 1.38 bits per heavy atom. The molecule has 0 bridgehead atoms. The molecule has 0 spiro atoms. The number of aliphatic hydroxyl groups is 1. The summed E-state index contributed by atoms with van der Waals surface area (Å²) in [5, 5.41) is 18.2. The van der Waals surface area contributed by atoms with E-state index in [1.807, 2.05) is 20.9 Å². The number of amides is 4. The molecule has 1 aromatic rings. The van der Waals surface area contributed by atoms with E-state index in [2.05, 4.69) is 15.7 Å². The lowest BCUT2D eigenvalue weighted by molar-refractivity contribution is -0.132. The second-order valence-electron chi connectivity index (χ2n) is 5.87. The van der Waals surface area contributed by atoms with E-state index in [4.69, 9.17) is 0 Å². The van der Waals surface area contributed by atoms with Gasteiger partial charge in [-0.3, -0.25) is 19.6 Å². The first-order chi connectivity index (χ1) is 11.3. The molecule has 1 aromatic heterocycles. The van der Waals surface area contributed by atoms with Crippen molar-refractivity contribution in [1.82, 2.24) is 25.3 Å². The SMILES string of the molecule is Cc1nn(C)c(C)c1CN(CCO)C(=O)CC[C@@H]1NC(=O)NC1=O. The van der Waals surface area contributed by atoms with Gasteiger partial charge in [0.2, 0.25) is 5.91 Å². The summed E-state index contributed by atoms with van der Waals surface area (Å²) >= 11 is 0. The van der Waals surface area contributed by atoms with Crippen LogP contribution in [0.15, 0.2) is 0 Å². The number of aromatic nitrogens is 2. The molecule has 0 aliphatic carbocycles. The zero-order valence-electron chi connectivity index (χ0n) is 14.1. The third-order valence-electron chi connectivity index (χ3n) is 4.24. The number of rotatable bonds is 7. The standard InChI is InChI=1S/C15H23N5O4/c1-9-11(10(2)19(3)18-9)8-20(6-7-21)13(22)5-4-12-14(23)17-15(24)16-12/h12,21H,4-8H2,1-3H3,(H2,16,17,23,24)/t12-/m0/s1. The Morgan fingerprint density at radius 2 is 2.08 bits per heavy atom. The van der Waals surface area contributed by atoms with E-state index >= 15 is 0 Å². The van der Waals surface area contributed by atoms with E-state index in [1.54, 1.807) is 9.58 Å². The van der Waals surface area contributed by atoms with Gasteiger partial charge in [-0.1, -0.05) is 0 Å². The topological polar surface area (TPSA) is 117 Å². The number of hydrogen-bond donors (Lipinski definition) is 3. The van der Waals surface area contributed by atoms with Crippen molar-refractivity contribution in [2.24, 2.45) is 7.05 Å². The predicted octanol–water partition coefficient (Wildman–Crippen LogP) is -0.654. The summed E-state index contributed by atoms with van der Waals surface area (Å²) in [4.78, 5) is 36.6. The first kappa shape index (κ1) is 17.9. The molecule has 0 unspecified atom stereocenters. The maximum Gasteiger partial charge on any atom is 0.322 e. The highest BCUT2D eigenvalue weighted by atomic mass is 16.3. The van der Waals surface area contributed by atoms with Gasteiger partial charge in [0.1, 0.15) is 6.04 Å². The van der Waals surface area contributed by atoms with E-state index in [0.29, 0.717) is 6.54 Å². The average molecular weight is 337 g/mol. The van der Waals surface area contributed by atoms with Gasteiger partial charge >= 0.3 is 6.03 Å². The van der Waals surface area contributed by atoms with E-state index in [9.17, 15) is 19.5 Å². The van der Waals surface area contributed by atoms with Crippen LogP contribution in [0.2, 0.25) is 0 Å². The lowest BCUT2D eigenvalue weighted by Crippen LogP contribution is -2.36. The Morgan fingerprint density at radius 3 is 2.58 bits per heavy atom. The van der Waals surface area contributed by atoms with E-state index in [0.717, 1.165) is 17.0 Å². The van der Waals surface area contributed by atoms with E-state index in [-0.39, 0.29) is 31.9 Å². The zero-order chi connectivity index (χ0) is 17.9. The molecule has 1 atom stereocenters. The van der Waals surface area contributed by atoms with Crippen LogP contribution in [-0.4, -0.2) is 56.8 Å². The van der Waals surface area contributed by atoms with Gasteiger partial charge in [0, 0.05) is 37.8 Å². The van der Waals surface area contributed by atoms with Gasteiger partial charge in [0.15, 0.2) is 0 Å². The van der Waals surface area contributed by atoms with Gasteiger partial charge in [-0.25, -0.2) is 4.79 Å². The fourth-order valence-electron chi connectivity index (χ4n) is 2.74. The number of nitrogens with one attached hydrogen (secondary N) is 2. The van der Waals surface area contributed by atoms with Gasteiger partial charge in [-0.2, -0.15) is 5.10 Å². The highest BCUT2D eigenvalue weighted by molar-refractivity contribution is 6.04. The summed E-state index contributed by atoms with van der Waals surface area (Å²) in [5.41, 5.74) is 2.75. The van der Waals surface area contributed by atoms with Crippen molar-refractivity contribution >= 4 is 17.8 Å². The monoisotopic (exact) mass is 337 g/mol. The molecule has 9 nitrogen and oxygen atoms in total. The molecule has 1 fully saturated rings. The first-order valence-corrected chi connectivity index (χ1v) is 7.82. The molecular formula is C15H23N5O4. The van der Waals surface area contributed by atoms with Gasteiger partial charge in [-0.05, 0) is 20.3 Å². The summed E-state index contributed by atoms with van der Waals surface area (Å²) in [6, 6.07) is -1.22. The smallest absolute Gasteiger partial charge is 0.322 e. The fourth-order valence-corrected chi connectivity index (χ4v) is 2.74. The molecule has 2 rings (SSSR count). The van der Waals surface area contributed by atoms with Crippen molar-refractivity contribution < 1.29 is 19.5 Å². The molecule has 1 saturated heterocycles. The Bertz CT molecular complexity index is 655. The molecule has 132 valence electrons. The van der Waals surface area contributed by atoms with Crippen LogP contribution in [0.25, 0.3) is 0 Å². The van der Waals surface area contributed by atoms with Gasteiger partial charge in [0.25, 0.3) is 5.91 Å². The van der Waals surface area contributed by atoms with Crippen LogP contribution < -0.4 is 10.6 Å². The summed E-state index contributed by atoms with van der Waals surface area (Å²) in [6.07, 6.45) is 0.333. The van der Waals surface area contributed by atoms with Crippen molar-refractivity contribution in [3.63, 3.8) is 0 Å². The van der Waals surface area contributed by atoms with Crippen molar-refractivity contribution in [3.8, 4) is 0 Å². The van der Waals surface area contributed by atoms with Crippen molar-refractivity contribution in [2.75, 3.05) is 13.2 Å². The molecule has 0 aromatic carbocycles. The van der Waals surface area contributed by atoms with Crippen molar-refractivity contribution in [3.05, 3.63) is 17.0 Å². The number of carbonyl (C=O) groups is 3. The third kappa shape index (κ3) is 3.91. The van der Waals surface area contributed by atoms with Gasteiger partial charge in [0.05, 0.1) is 12.3 Å². The van der Waals surface area contributed by atoms with Crippen molar-refractivity contribution in [1.29, 1.82) is 0 Å². The molecule has 0 saturated carbocycles. The number of hydrogen-bond acceptors (Lipinski definition) is 5. The minimum atomic E-state index is -0.681. The van der Waals surface area contributed by atoms with Crippen LogP contribution in [0.4, 0.5) is 4.79 Å². The van der Waals surface area contributed by atoms with Crippen LogP contribution in [0.5, 0.6) is 0 Å². The van der Waals surface area contributed by atoms with Crippen LogP contribution in [0.3, 0.4) is 0 Å². The van der Waals surface area contributed by atoms with Gasteiger partial charge < -0.3 is 15.3 Å². The summed E-state index contributed by atoms with van der Waals surface area (Å²) in [5.74, 6) is -0.596. The predicted molar refractivity (Wildman–Crippen MR) is 84.9 cm³/mol. The summed E-state index contributed by atoms with van der Waals surface area (Å²) < 4.78 is 1.75.